The Labute approximate surface area is 176 Å². The van der Waals surface area contributed by atoms with Crippen LogP contribution in [-0.2, 0) is 17.8 Å². The van der Waals surface area contributed by atoms with Gasteiger partial charge in [-0.1, -0.05) is 65.3 Å². The van der Waals surface area contributed by atoms with Gasteiger partial charge in [-0.2, -0.15) is 0 Å². The molecule has 0 bridgehead atoms. The summed E-state index contributed by atoms with van der Waals surface area (Å²) in [5, 5.41) is 7.74. The number of rotatable bonds is 10. The van der Waals surface area contributed by atoms with Crippen molar-refractivity contribution in [2.24, 2.45) is 0 Å². The Kier molecular flexibility index (Phi) is 7.85. The standard InChI is InChI=1S/C23H26ClN3O2/c1-27(15-13-23(28)25-17-19-10-5-6-12-21(19)24)14-7-11-20-16-22(26-29-20)18-8-3-2-4-9-18/h2-6,8-10,12,16H,7,11,13-15,17H2,1H3,(H,25,28). The van der Waals surface area contributed by atoms with Crippen molar-refractivity contribution in [2.45, 2.75) is 25.8 Å². The molecular formula is C23H26ClN3O2. The number of hydrogen-bond acceptors (Lipinski definition) is 4. The van der Waals surface area contributed by atoms with Crippen molar-refractivity contribution >= 4 is 17.5 Å². The number of aryl methyl sites for hydroxylation is 1. The summed E-state index contributed by atoms with van der Waals surface area (Å²) in [6.07, 6.45) is 2.23. The van der Waals surface area contributed by atoms with E-state index < -0.39 is 0 Å². The summed E-state index contributed by atoms with van der Waals surface area (Å²) in [6.45, 7) is 2.05. The Morgan fingerprint density at radius 3 is 2.66 bits per heavy atom. The maximum Gasteiger partial charge on any atom is 0.221 e. The van der Waals surface area contributed by atoms with Crippen molar-refractivity contribution in [3.63, 3.8) is 0 Å². The molecule has 0 saturated carbocycles. The average Bonchev–Trinajstić information content (AvgIpc) is 3.21. The van der Waals surface area contributed by atoms with E-state index in [1.54, 1.807) is 0 Å². The molecule has 0 radical (unpaired) electrons. The fraction of sp³-hybridized carbons (Fsp3) is 0.304. The fourth-order valence-electron chi connectivity index (χ4n) is 3.03. The zero-order valence-electron chi connectivity index (χ0n) is 16.6. The maximum absolute atomic E-state index is 12.1. The molecule has 1 N–H and O–H groups in total. The van der Waals surface area contributed by atoms with Gasteiger partial charge in [0.05, 0.1) is 0 Å². The molecule has 1 heterocycles. The van der Waals surface area contributed by atoms with Crippen molar-refractivity contribution in [2.75, 3.05) is 20.1 Å². The Balaban J connectivity index is 1.33. The molecule has 0 fully saturated rings. The highest BCUT2D eigenvalue weighted by molar-refractivity contribution is 6.31. The number of aromatic nitrogens is 1. The van der Waals surface area contributed by atoms with Gasteiger partial charge < -0.3 is 14.7 Å². The van der Waals surface area contributed by atoms with Gasteiger partial charge in [-0.3, -0.25) is 4.79 Å². The number of carbonyl (C=O) groups is 1. The molecule has 0 saturated heterocycles. The van der Waals surface area contributed by atoms with Gasteiger partial charge >= 0.3 is 0 Å². The van der Waals surface area contributed by atoms with Crippen LogP contribution in [0, 0.1) is 0 Å². The van der Waals surface area contributed by atoms with Crippen molar-refractivity contribution in [1.82, 2.24) is 15.4 Å². The first-order chi connectivity index (χ1) is 14.1. The molecule has 5 nitrogen and oxygen atoms in total. The van der Waals surface area contributed by atoms with Gasteiger partial charge in [0.15, 0.2) is 0 Å². The van der Waals surface area contributed by atoms with Crippen LogP contribution in [0.3, 0.4) is 0 Å². The molecule has 2 aromatic carbocycles. The van der Waals surface area contributed by atoms with Crippen molar-refractivity contribution < 1.29 is 9.32 Å². The second kappa shape index (κ2) is 10.8. The van der Waals surface area contributed by atoms with Crippen molar-refractivity contribution in [3.05, 3.63) is 77.0 Å². The molecule has 152 valence electrons. The topological polar surface area (TPSA) is 58.4 Å². The number of carbonyl (C=O) groups excluding carboxylic acids is 1. The van der Waals surface area contributed by atoms with Crippen LogP contribution in [0.15, 0.2) is 65.2 Å². The average molecular weight is 412 g/mol. The predicted octanol–water partition coefficient (Wildman–Crippen LogP) is 4.57. The molecule has 0 aliphatic heterocycles. The van der Waals surface area contributed by atoms with Gasteiger partial charge in [0, 0.05) is 42.6 Å². The number of benzene rings is 2. The lowest BCUT2D eigenvalue weighted by molar-refractivity contribution is -0.121. The number of hydrogen-bond donors (Lipinski definition) is 1. The molecule has 0 aliphatic rings. The first-order valence-corrected chi connectivity index (χ1v) is 10.2. The van der Waals surface area contributed by atoms with Gasteiger partial charge in [-0.05, 0) is 31.6 Å². The van der Waals surface area contributed by atoms with Crippen LogP contribution < -0.4 is 5.32 Å². The van der Waals surface area contributed by atoms with E-state index in [4.69, 9.17) is 16.1 Å². The summed E-state index contributed by atoms with van der Waals surface area (Å²) in [5.41, 5.74) is 2.85. The summed E-state index contributed by atoms with van der Waals surface area (Å²) in [4.78, 5) is 14.2. The monoisotopic (exact) mass is 411 g/mol. The molecule has 0 spiro atoms. The van der Waals surface area contributed by atoms with E-state index in [9.17, 15) is 4.79 Å². The summed E-state index contributed by atoms with van der Waals surface area (Å²) < 4.78 is 5.44. The van der Waals surface area contributed by atoms with Gasteiger partial charge in [0.25, 0.3) is 0 Å². The van der Waals surface area contributed by atoms with E-state index in [2.05, 4.69) is 15.4 Å². The Morgan fingerprint density at radius 2 is 1.86 bits per heavy atom. The quantitative estimate of drug-likeness (QED) is 0.531. The summed E-state index contributed by atoms with van der Waals surface area (Å²) in [7, 11) is 2.02. The zero-order chi connectivity index (χ0) is 20.5. The summed E-state index contributed by atoms with van der Waals surface area (Å²) in [5.74, 6) is 0.911. The molecule has 1 amide bonds. The molecule has 3 aromatic rings. The number of nitrogens with zero attached hydrogens (tertiary/aromatic N) is 2. The summed E-state index contributed by atoms with van der Waals surface area (Å²) in [6, 6.07) is 19.5. The smallest absolute Gasteiger partial charge is 0.221 e. The van der Waals surface area contributed by atoms with Crippen LogP contribution in [0.25, 0.3) is 11.3 Å². The van der Waals surface area contributed by atoms with E-state index in [0.29, 0.717) is 24.5 Å². The SMILES string of the molecule is CN(CCCc1cc(-c2ccccc2)no1)CCC(=O)NCc1ccccc1Cl. The molecule has 1 aromatic heterocycles. The third-order valence-corrected chi connectivity index (χ3v) is 5.11. The van der Waals surface area contributed by atoms with E-state index in [-0.39, 0.29) is 5.91 Å². The first-order valence-electron chi connectivity index (χ1n) is 9.81. The zero-order valence-corrected chi connectivity index (χ0v) is 17.4. The predicted molar refractivity (Wildman–Crippen MR) is 116 cm³/mol. The highest BCUT2D eigenvalue weighted by Gasteiger charge is 2.08. The minimum absolute atomic E-state index is 0.0273. The van der Waals surface area contributed by atoms with E-state index >= 15 is 0 Å². The summed E-state index contributed by atoms with van der Waals surface area (Å²) >= 11 is 6.11. The Bertz CT molecular complexity index is 911. The molecule has 3 rings (SSSR count). The van der Waals surface area contributed by atoms with E-state index in [1.165, 1.54) is 0 Å². The Morgan fingerprint density at radius 1 is 1.10 bits per heavy atom. The van der Waals surface area contributed by atoms with Crippen LogP contribution in [0.4, 0.5) is 0 Å². The van der Waals surface area contributed by atoms with Gasteiger partial charge in [0.2, 0.25) is 5.91 Å². The highest BCUT2D eigenvalue weighted by Crippen LogP contribution is 2.19. The molecule has 0 unspecified atom stereocenters. The molecule has 0 atom stereocenters. The van der Waals surface area contributed by atoms with Crippen LogP contribution in [0.1, 0.15) is 24.2 Å². The largest absolute Gasteiger partial charge is 0.361 e. The fourth-order valence-corrected chi connectivity index (χ4v) is 3.23. The van der Waals surface area contributed by atoms with Gasteiger partial charge in [-0.15, -0.1) is 0 Å². The molecule has 6 heteroatoms. The number of halogens is 1. The van der Waals surface area contributed by atoms with E-state index in [0.717, 1.165) is 42.0 Å². The molecular weight excluding hydrogens is 386 g/mol. The second-order valence-corrected chi connectivity index (χ2v) is 7.48. The number of nitrogens with one attached hydrogen (secondary N) is 1. The minimum atomic E-state index is 0.0273. The highest BCUT2D eigenvalue weighted by atomic mass is 35.5. The van der Waals surface area contributed by atoms with E-state index in [1.807, 2.05) is 67.7 Å². The lowest BCUT2D eigenvalue weighted by Gasteiger charge is -2.16. The van der Waals surface area contributed by atoms with Crippen molar-refractivity contribution in [3.8, 4) is 11.3 Å². The lowest BCUT2D eigenvalue weighted by atomic mass is 10.1. The number of amides is 1. The van der Waals surface area contributed by atoms with Crippen LogP contribution in [-0.4, -0.2) is 36.1 Å². The third-order valence-electron chi connectivity index (χ3n) is 4.75. The minimum Gasteiger partial charge on any atom is -0.361 e. The molecule has 29 heavy (non-hydrogen) atoms. The Hall–Kier alpha value is -2.63. The van der Waals surface area contributed by atoms with Gasteiger partial charge in [-0.25, -0.2) is 0 Å². The normalized spacial score (nSPS) is 11.0. The lowest BCUT2D eigenvalue weighted by Crippen LogP contribution is -2.29. The second-order valence-electron chi connectivity index (χ2n) is 7.07. The maximum atomic E-state index is 12.1. The first kappa shape index (κ1) is 21.1. The van der Waals surface area contributed by atoms with Gasteiger partial charge in [0.1, 0.15) is 11.5 Å². The van der Waals surface area contributed by atoms with Crippen LogP contribution in [0.5, 0.6) is 0 Å². The van der Waals surface area contributed by atoms with Crippen LogP contribution >= 0.6 is 11.6 Å². The molecule has 0 aliphatic carbocycles. The third kappa shape index (κ3) is 6.73. The van der Waals surface area contributed by atoms with Crippen molar-refractivity contribution in [1.29, 1.82) is 0 Å². The van der Waals surface area contributed by atoms with Crippen LogP contribution in [0.2, 0.25) is 5.02 Å².